The van der Waals surface area contributed by atoms with Crippen LogP contribution in [0.3, 0.4) is 0 Å². The number of benzene rings is 1. The molecule has 0 unspecified atom stereocenters. The molecule has 1 aliphatic heterocycles. The van der Waals surface area contributed by atoms with Gasteiger partial charge in [-0.3, -0.25) is 4.79 Å². The summed E-state index contributed by atoms with van der Waals surface area (Å²) in [6, 6.07) is 3.46. The molecule has 9 heteroatoms. The molecule has 5 nitrogen and oxygen atoms in total. The van der Waals surface area contributed by atoms with Gasteiger partial charge in [0.1, 0.15) is 0 Å². The Balaban J connectivity index is 2.07. The van der Waals surface area contributed by atoms with Gasteiger partial charge in [0.2, 0.25) is 5.91 Å². The van der Waals surface area contributed by atoms with Crippen LogP contribution in [0.1, 0.15) is 38.7 Å². The van der Waals surface area contributed by atoms with E-state index in [0.29, 0.717) is 6.07 Å². The van der Waals surface area contributed by atoms with Gasteiger partial charge in [-0.15, -0.1) is 0 Å². The number of hydrogen-bond acceptors (Lipinski definition) is 4. The average Bonchev–Trinajstić information content (AvgIpc) is 3.08. The molecule has 0 bridgehead atoms. The Bertz CT molecular complexity index is 755. The lowest BCUT2D eigenvalue weighted by Gasteiger charge is -2.25. The van der Waals surface area contributed by atoms with Gasteiger partial charge in [-0.05, 0) is 57.9 Å². The largest absolute Gasteiger partial charge is 0.416 e. The topological polar surface area (TPSA) is 75.3 Å². The van der Waals surface area contributed by atoms with E-state index in [-0.39, 0.29) is 29.8 Å². The van der Waals surface area contributed by atoms with Crippen molar-refractivity contribution in [2.45, 2.75) is 55.0 Å². The van der Waals surface area contributed by atoms with Crippen molar-refractivity contribution in [1.29, 1.82) is 0 Å². The highest BCUT2D eigenvalue weighted by Crippen LogP contribution is 2.34. The average molecular weight is 392 g/mol. The van der Waals surface area contributed by atoms with E-state index in [1.807, 2.05) is 0 Å². The van der Waals surface area contributed by atoms with Crippen molar-refractivity contribution in [3.8, 4) is 0 Å². The number of hydrogen-bond donors (Lipinski definition) is 2. The Morgan fingerprint density at radius 2 is 2.00 bits per heavy atom. The molecule has 146 valence electrons. The van der Waals surface area contributed by atoms with Gasteiger partial charge >= 0.3 is 6.18 Å². The summed E-state index contributed by atoms with van der Waals surface area (Å²) in [7, 11) is -4.01. The van der Waals surface area contributed by atoms with E-state index in [1.54, 1.807) is 0 Å². The van der Waals surface area contributed by atoms with Gasteiger partial charge in [0.15, 0.2) is 9.84 Å². The fraction of sp³-hybridized carbons (Fsp3) is 0.588. The Morgan fingerprint density at radius 1 is 1.31 bits per heavy atom. The summed E-state index contributed by atoms with van der Waals surface area (Å²) in [5.41, 5.74) is -1.00. The van der Waals surface area contributed by atoms with Crippen molar-refractivity contribution in [1.82, 2.24) is 10.6 Å². The van der Waals surface area contributed by atoms with Crippen LogP contribution in [0.15, 0.2) is 29.2 Å². The van der Waals surface area contributed by atoms with Crippen LogP contribution < -0.4 is 10.6 Å². The number of carbonyl (C=O) groups excluding carboxylic acids is 1. The van der Waals surface area contributed by atoms with Gasteiger partial charge in [-0.1, -0.05) is 6.07 Å². The minimum absolute atomic E-state index is 0.0873. The minimum atomic E-state index is -4.61. The van der Waals surface area contributed by atoms with Crippen LogP contribution in [0.25, 0.3) is 0 Å². The standard InChI is InChI=1S/C17H23F3N2O3S/c1-16(2,8-10-22-15(23)14-7-4-9-21-14)26(24,25)13-6-3-5-12(11-13)17(18,19)20/h3,5-6,11,14,21H,4,7-10H2,1-2H3,(H,22,23)/t14-/m1/s1. The third kappa shape index (κ3) is 4.56. The predicted molar refractivity (Wildman–Crippen MR) is 91.4 cm³/mol. The van der Waals surface area contributed by atoms with Gasteiger partial charge in [-0.25, -0.2) is 8.42 Å². The summed E-state index contributed by atoms with van der Waals surface area (Å²) in [4.78, 5) is 11.6. The predicted octanol–water partition coefficient (Wildman–Crippen LogP) is 2.52. The van der Waals surface area contributed by atoms with E-state index < -0.39 is 26.3 Å². The molecule has 1 heterocycles. The molecule has 2 N–H and O–H groups in total. The first-order valence-electron chi connectivity index (χ1n) is 8.38. The van der Waals surface area contributed by atoms with Gasteiger partial charge in [0, 0.05) is 6.54 Å². The molecule has 1 aliphatic rings. The van der Waals surface area contributed by atoms with Crippen LogP contribution in [0, 0.1) is 0 Å². The summed E-state index contributed by atoms with van der Waals surface area (Å²) in [6.07, 6.45) is -2.88. The van der Waals surface area contributed by atoms with E-state index in [1.165, 1.54) is 13.8 Å². The highest BCUT2D eigenvalue weighted by molar-refractivity contribution is 7.92. The van der Waals surface area contributed by atoms with E-state index in [9.17, 15) is 26.4 Å². The highest BCUT2D eigenvalue weighted by Gasteiger charge is 2.38. The SMILES string of the molecule is CC(C)(CCNC(=O)[C@H]1CCCN1)S(=O)(=O)c1cccc(C(F)(F)F)c1. The van der Waals surface area contributed by atoms with Gasteiger partial charge in [0.25, 0.3) is 0 Å². The lowest BCUT2D eigenvalue weighted by molar-refractivity contribution is -0.137. The zero-order valence-electron chi connectivity index (χ0n) is 14.7. The Morgan fingerprint density at radius 3 is 2.58 bits per heavy atom. The third-order valence-electron chi connectivity index (χ3n) is 4.60. The Hall–Kier alpha value is -1.61. The number of amides is 1. The molecule has 1 amide bonds. The van der Waals surface area contributed by atoms with Crippen LogP contribution in [0.2, 0.25) is 0 Å². The second kappa shape index (κ2) is 7.56. The van der Waals surface area contributed by atoms with Crippen LogP contribution in [-0.4, -0.2) is 38.2 Å². The lowest BCUT2D eigenvalue weighted by Crippen LogP contribution is -2.43. The molecule has 2 rings (SSSR count). The molecule has 1 atom stereocenters. The summed E-state index contributed by atoms with van der Waals surface area (Å²) in [5.74, 6) is -0.185. The summed E-state index contributed by atoms with van der Waals surface area (Å²) in [5, 5.41) is 5.74. The van der Waals surface area contributed by atoms with Crippen LogP contribution in [0.4, 0.5) is 13.2 Å². The molecule has 0 spiro atoms. The summed E-state index contributed by atoms with van der Waals surface area (Å²) in [6.45, 7) is 3.79. The molecule has 1 fully saturated rings. The fourth-order valence-electron chi connectivity index (χ4n) is 2.81. The molecular formula is C17H23F3N2O3S. The fourth-order valence-corrected chi connectivity index (χ4v) is 4.36. The van der Waals surface area contributed by atoms with E-state index >= 15 is 0 Å². The van der Waals surface area contributed by atoms with Crippen molar-refractivity contribution in [2.24, 2.45) is 0 Å². The second-order valence-electron chi connectivity index (χ2n) is 6.98. The smallest absolute Gasteiger partial charge is 0.355 e. The lowest BCUT2D eigenvalue weighted by atomic mass is 10.1. The first kappa shape index (κ1) is 20.7. The van der Waals surface area contributed by atoms with Gasteiger partial charge in [-0.2, -0.15) is 13.2 Å². The quantitative estimate of drug-likeness (QED) is 0.780. The summed E-state index contributed by atoms with van der Waals surface area (Å²) < 4.78 is 62.8. The zero-order valence-corrected chi connectivity index (χ0v) is 15.5. The molecule has 0 radical (unpaired) electrons. The van der Waals surface area contributed by atoms with E-state index in [4.69, 9.17) is 0 Å². The molecule has 26 heavy (non-hydrogen) atoms. The molecule has 0 saturated carbocycles. The monoisotopic (exact) mass is 392 g/mol. The normalized spacial score (nSPS) is 18.7. The molecule has 0 aromatic heterocycles. The van der Waals surface area contributed by atoms with Crippen molar-refractivity contribution in [3.05, 3.63) is 29.8 Å². The van der Waals surface area contributed by atoms with Crippen molar-refractivity contribution in [2.75, 3.05) is 13.1 Å². The molecular weight excluding hydrogens is 369 g/mol. The van der Waals surface area contributed by atoms with Crippen LogP contribution >= 0.6 is 0 Å². The van der Waals surface area contributed by atoms with Crippen molar-refractivity contribution in [3.63, 3.8) is 0 Å². The highest BCUT2D eigenvalue weighted by atomic mass is 32.2. The maximum absolute atomic E-state index is 12.8. The first-order valence-corrected chi connectivity index (χ1v) is 9.86. The van der Waals surface area contributed by atoms with Gasteiger partial charge < -0.3 is 10.6 Å². The van der Waals surface area contributed by atoms with Crippen molar-refractivity contribution >= 4 is 15.7 Å². The van der Waals surface area contributed by atoms with E-state index in [0.717, 1.165) is 37.6 Å². The first-order chi connectivity index (χ1) is 11.9. The number of halogens is 3. The van der Waals surface area contributed by atoms with Gasteiger partial charge in [0.05, 0.1) is 21.2 Å². The maximum Gasteiger partial charge on any atom is 0.416 e. The number of rotatable bonds is 6. The van der Waals surface area contributed by atoms with Crippen LogP contribution in [-0.2, 0) is 20.8 Å². The number of nitrogens with one attached hydrogen (secondary N) is 2. The second-order valence-corrected chi connectivity index (χ2v) is 9.56. The minimum Gasteiger partial charge on any atom is -0.355 e. The Kier molecular flexibility index (Phi) is 6.02. The molecule has 0 aliphatic carbocycles. The maximum atomic E-state index is 12.8. The number of alkyl halides is 3. The van der Waals surface area contributed by atoms with E-state index in [2.05, 4.69) is 10.6 Å². The number of sulfone groups is 1. The third-order valence-corrected chi connectivity index (χ3v) is 7.14. The molecule has 1 aromatic rings. The summed E-state index contributed by atoms with van der Waals surface area (Å²) >= 11 is 0. The van der Waals surface area contributed by atoms with Crippen molar-refractivity contribution < 1.29 is 26.4 Å². The Labute approximate surface area is 151 Å². The zero-order chi connectivity index (χ0) is 19.6. The molecule has 1 saturated heterocycles. The number of carbonyl (C=O) groups is 1. The molecule has 1 aromatic carbocycles. The van der Waals surface area contributed by atoms with Crippen LogP contribution in [0.5, 0.6) is 0 Å².